The average molecular weight is 444 g/mol. The molecule has 2 N–H and O–H groups in total. The summed E-state index contributed by atoms with van der Waals surface area (Å²) < 4.78 is 5.56. The minimum Gasteiger partial charge on any atom is -0.489 e. The van der Waals surface area contributed by atoms with Crippen LogP contribution in [0.2, 0.25) is 0 Å². The molecule has 0 radical (unpaired) electrons. The molecule has 6 heteroatoms. The maximum Gasteiger partial charge on any atom is 0.253 e. The molecule has 3 aromatic carbocycles. The molecule has 0 saturated heterocycles. The van der Waals surface area contributed by atoms with Crippen molar-refractivity contribution in [2.24, 2.45) is 0 Å². The highest BCUT2D eigenvalue weighted by Crippen LogP contribution is 2.17. The Labute approximate surface area is 194 Å². The Balaban J connectivity index is 1.51. The number of benzene rings is 3. The summed E-state index contributed by atoms with van der Waals surface area (Å²) in [6, 6.07) is 24.2. The molecule has 170 valence electrons. The standard InChI is InChI=1S/C27H29N3O3/c1-20(2)19-33-25-14-12-23(13-15-25)29-26(31)17-28-24-11-7-10-22(16-24)27(32)30(3)18-21-8-5-4-6-9-21/h4-16,28H,1,17-19H2,2-3H3,(H,29,31). The Kier molecular flexibility index (Phi) is 8.24. The van der Waals surface area contributed by atoms with Crippen LogP contribution >= 0.6 is 0 Å². The number of hydrogen-bond donors (Lipinski definition) is 2. The normalized spacial score (nSPS) is 10.2. The summed E-state index contributed by atoms with van der Waals surface area (Å²) in [5.41, 5.74) is 3.94. The Morgan fingerprint density at radius 2 is 1.67 bits per heavy atom. The first-order valence-corrected chi connectivity index (χ1v) is 10.7. The van der Waals surface area contributed by atoms with E-state index in [1.807, 2.05) is 43.3 Å². The second-order valence-electron chi connectivity index (χ2n) is 7.90. The van der Waals surface area contributed by atoms with Crippen LogP contribution in [0.3, 0.4) is 0 Å². The molecule has 2 amide bonds. The van der Waals surface area contributed by atoms with Gasteiger partial charge < -0.3 is 20.3 Å². The molecule has 0 heterocycles. The van der Waals surface area contributed by atoms with Crippen molar-refractivity contribution in [2.75, 3.05) is 30.8 Å². The van der Waals surface area contributed by atoms with Crippen LogP contribution in [-0.4, -0.2) is 36.9 Å². The molecule has 3 rings (SSSR count). The highest BCUT2D eigenvalue weighted by atomic mass is 16.5. The van der Waals surface area contributed by atoms with Crippen LogP contribution < -0.4 is 15.4 Å². The first-order valence-electron chi connectivity index (χ1n) is 10.7. The number of nitrogens with zero attached hydrogens (tertiary/aromatic N) is 1. The molecule has 0 fully saturated rings. The van der Waals surface area contributed by atoms with Crippen molar-refractivity contribution < 1.29 is 14.3 Å². The summed E-state index contributed by atoms with van der Waals surface area (Å²) in [5.74, 6) is 0.442. The van der Waals surface area contributed by atoms with E-state index in [0.717, 1.165) is 11.1 Å². The second-order valence-corrected chi connectivity index (χ2v) is 7.90. The van der Waals surface area contributed by atoms with Crippen molar-refractivity contribution in [3.8, 4) is 5.75 Å². The van der Waals surface area contributed by atoms with Crippen molar-refractivity contribution >= 4 is 23.2 Å². The number of rotatable bonds is 10. The summed E-state index contributed by atoms with van der Waals surface area (Å²) in [4.78, 5) is 26.8. The molecule has 0 bridgehead atoms. The fourth-order valence-corrected chi connectivity index (χ4v) is 3.14. The van der Waals surface area contributed by atoms with Gasteiger partial charge in [-0.25, -0.2) is 0 Å². The lowest BCUT2D eigenvalue weighted by molar-refractivity contribution is -0.114. The molecule has 0 aliphatic carbocycles. The van der Waals surface area contributed by atoms with Crippen molar-refractivity contribution in [3.05, 3.63) is 102 Å². The number of anilines is 2. The van der Waals surface area contributed by atoms with Crippen LogP contribution in [0.4, 0.5) is 11.4 Å². The fourth-order valence-electron chi connectivity index (χ4n) is 3.14. The molecular formula is C27H29N3O3. The highest BCUT2D eigenvalue weighted by molar-refractivity contribution is 5.96. The Morgan fingerprint density at radius 3 is 2.36 bits per heavy atom. The van der Waals surface area contributed by atoms with E-state index in [0.29, 0.717) is 35.8 Å². The van der Waals surface area contributed by atoms with Gasteiger partial charge in [0.2, 0.25) is 5.91 Å². The minimum absolute atomic E-state index is 0.0748. The molecule has 0 unspecified atom stereocenters. The summed E-state index contributed by atoms with van der Waals surface area (Å²) >= 11 is 0. The molecular weight excluding hydrogens is 414 g/mol. The van der Waals surface area contributed by atoms with Gasteiger partial charge in [-0.1, -0.05) is 43.0 Å². The molecule has 0 aliphatic heterocycles. The fraction of sp³-hybridized carbons (Fsp3) is 0.185. The van der Waals surface area contributed by atoms with Crippen LogP contribution in [0, 0.1) is 0 Å². The molecule has 0 saturated carbocycles. The van der Waals surface area contributed by atoms with Gasteiger partial charge in [0.05, 0.1) is 6.54 Å². The third-order valence-electron chi connectivity index (χ3n) is 4.80. The summed E-state index contributed by atoms with van der Waals surface area (Å²) in [5, 5.41) is 5.91. The van der Waals surface area contributed by atoms with E-state index in [2.05, 4.69) is 17.2 Å². The SMILES string of the molecule is C=C(C)COc1ccc(NC(=O)CNc2cccc(C(=O)N(C)Cc3ccccc3)c2)cc1. The number of carbonyl (C=O) groups excluding carboxylic acids is 2. The largest absolute Gasteiger partial charge is 0.489 e. The van der Waals surface area contributed by atoms with E-state index in [1.54, 1.807) is 54.4 Å². The molecule has 3 aromatic rings. The third kappa shape index (κ3) is 7.54. The van der Waals surface area contributed by atoms with E-state index in [9.17, 15) is 9.59 Å². The zero-order chi connectivity index (χ0) is 23.6. The van der Waals surface area contributed by atoms with Gasteiger partial charge >= 0.3 is 0 Å². The van der Waals surface area contributed by atoms with Crippen LogP contribution in [0.15, 0.2) is 91.0 Å². The second kappa shape index (κ2) is 11.5. The molecule has 0 spiro atoms. The number of carbonyl (C=O) groups is 2. The van der Waals surface area contributed by atoms with Crippen LogP contribution in [-0.2, 0) is 11.3 Å². The number of ether oxygens (including phenoxy) is 1. The maximum atomic E-state index is 12.8. The van der Waals surface area contributed by atoms with Gasteiger partial charge in [0, 0.05) is 30.5 Å². The van der Waals surface area contributed by atoms with Crippen LogP contribution in [0.1, 0.15) is 22.8 Å². The van der Waals surface area contributed by atoms with Crippen molar-refractivity contribution in [2.45, 2.75) is 13.5 Å². The van der Waals surface area contributed by atoms with E-state index in [-0.39, 0.29) is 18.4 Å². The predicted molar refractivity (Wildman–Crippen MR) is 133 cm³/mol. The minimum atomic E-state index is -0.191. The number of hydrogen-bond acceptors (Lipinski definition) is 4. The molecule has 0 aromatic heterocycles. The van der Waals surface area contributed by atoms with Crippen LogP contribution in [0.5, 0.6) is 5.75 Å². The van der Waals surface area contributed by atoms with Crippen molar-refractivity contribution in [3.63, 3.8) is 0 Å². The zero-order valence-electron chi connectivity index (χ0n) is 19.0. The highest BCUT2D eigenvalue weighted by Gasteiger charge is 2.13. The van der Waals surface area contributed by atoms with E-state index < -0.39 is 0 Å². The number of nitrogens with one attached hydrogen (secondary N) is 2. The Morgan fingerprint density at radius 1 is 0.939 bits per heavy atom. The van der Waals surface area contributed by atoms with Gasteiger partial charge in [-0.05, 0) is 60.5 Å². The smallest absolute Gasteiger partial charge is 0.253 e. The van der Waals surface area contributed by atoms with E-state index >= 15 is 0 Å². The van der Waals surface area contributed by atoms with Gasteiger partial charge in [-0.15, -0.1) is 0 Å². The zero-order valence-corrected chi connectivity index (χ0v) is 19.0. The van der Waals surface area contributed by atoms with Gasteiger partial charge in [-0.2, -0.15) is 0 Å². The predicted octanol–water partition coefficient (Wildman–Crippen LogP) is 4.96. The maximum absolute atomic E-state index is 12.8. The quantitative estimate of drug-likeness (QED) is 0.434. The molecule has 0 aliphatic rings. The molecule has 6 nitrogen and oxygen atoms in total. The lowest BCUT2D eigenvalue weighted by atomic mass is 10.1. The monoisotopic (exact) mass is 443 g/mol. The Hall–Kier alpha value is -4.06. The van der Waals surface area contributed by atoms with Gasteiger partial charge in [-0.3, -0.25) is 9.59 Å². The number of amides is 2. The van der Waals surface area contributed by atoms with Crippen molar-refractivity contribution in [1.29, 1.82) is 0 Å². The average Bonchev–Trinajstić information content (AvgIpc) is 2.82. The van der Waals surface area contributed by atoms with E-state index in [1.165, 1.54) is 0 Å². The Bertz CT molecular complexity index is 1100. The first-order chi connectivity index (χ1) is 15.9. The summed E-state index contributed by atoms with van der Waals surface area (Å²) in [7, 11) is 1.78. The molecule has 33 heavy (non-hydrogen) atoms. The first kappa shape index (κ1) is 23.6. The van der Waals surface area contributed by atoms with Gasteiger partial charge in [0.25, 0.3) is 5.91 Å². The third-order valence-corrected chi connectivity index (χ3v) is 4.80. The van der Waals surface area contributed by atoms with Gasteiger partial charge in [0.15, 0.2) is 0 Å². The van der Waals surface area contributed by atoms with Crippen LogP contribution in [0.25, 0.3) is 0 Å². The van der Waals surface area contributed by atoms with Gasteiger partial charge in [0.1, 0.15) is 12.4 Å². The summed E-state index contributed by atoms with van der Waals surface area (Å²) in [6.45, 7) is 6.76. The topological polar surface area (TPSA) is 70.7 Å². The lowest BCUT2D eigenvalue weighted by Crippen LogP contribution is -2.26. The van der Waals surface area contributed by atoms with Crippen molar-refractivity contribution in [1.82, 2.24) is 4.90 Å². The van der Waals surface area contributed by atoms with E-state index in [4.69, 9.17) is 4.74 Å². The summed E-state index contributed by atoms with van der Waals surface area (Å²) in [6.07, 6.45) is 0. The lowest BCUT2D eigenvalue weighted by Gasteiger charge is -2.18. The molecule has 0 atom stereocenters.